The van der Waals surface area contributed by atoms with Crippen molar-refractivity contribution in [3.8, 4) is 0 Å². The fourth-order valence-corrected chi connectivity index (χ4v) is 4.67. The molecule has 2 aliphatic rings. The monoisotopic (exact) mass is 429 g/mol. The van der Waals surface area contributed by atoms with Crippen LogP contribution in [0.5, 0.6) is 0 Å². The Labute approximate surface area is 188 Å². The third kappa shape index (κ3) is 3.69. The first kappa shape index (κ1) is 21.1. The summed E-state index contributed by atoms with van der Waals surface area (Å²) in [5.74, 6) is -1.08. The zero-order chi connectivity index (χ0) is 22.2. The van der Waals surface area contributed by atoms with E-state index in [0.717, 1.165) is 16.7 Å². The standard InChI is InChI=1S/C28H26FO3/c1-27(2)31-25-18-24(29)23(26(25)32-27)19-30-28(20-12-6-3-7-13-20,21-14-8-4-9-15-21)22-16-10-5-11-17-22/h3-18,25-26H,19H2,1-2H3/t25-,26-/m1/s1. The molecule has 0 spiro atoms. The number of fused-ring (bicyclic) bond motifs is 1. The molecule has 5 rings (SSSR count). The van der Waals surface area contributed by atoms with Gasteiger partial charge in [0.05, 0.1) is 13.0 Å². The molecule has 3 aromatic carbocycles. The Bertz CT molecular complexity index is 997. The SMILES string of the molecule is CC1(C)O[C@@H]2C(COC(c3ccccc3)(c3ccccc3)c3ccccc3)=C(F)[CH][C@H]2O1. The Morgan fingerprint density at radius 2 is 1.25 bits per heavy atom. The summed E-state index contributed by atoms with van der Waals surface area (Å²) in [6.45, 7) is 3.76. The topological polar surface area (TPSA) is 27.7 Å². The fraction of sp³-hybridized carbons (Fsp3) is 0.250. The number of hydrogen-bond donors (Lipinski definition) is 0. The van der Waals surface area contributed by atoms with E-state index in [0.29, 0.717) is 5.57 Å². The molecule has 0 N–H and O–H groups in total. The first-order valence-corrected chi connectivity index (χ1v) is 10.9. The van der Waals surface area contributed by atoms with E-state index < -0.39 is 23.6 Å². The van der Waals surface area contributed by atoms with Crippen molar-refractivity contribution < 1.29 is 18.6 Å². The van der Waals surface area contributed by atoms with Crippen LogP contribution in [0.15, 0.2) is 102 Å². The summed E-state index contributed by atoms with van der Waals surface area (Å²) < 4.78 is 33.5. The Kier molecular flexibility index (Phi) is 5.46. The van der Waals surface area contributed by atoms with E-state index in [2.05, 4.69) is 0 Å². The van der Waals surface area contributed by atoms with Crippen LogP contribution in [-0.4, -0.2) is 24.6 Å². The van der Waals surface area contributed by atoms with Crippen LogP contribution in [0.4, 0.5) is 4.39 Å². The summed E-state index contributed by atoms with van der Waals surface area (Å²) in [5.41, 5.74) is 2.49. The van der Waals surface area contributed by atoms with Gasteiger partial charge in [0.1, 0.15) is 23.6 Å². The number of rotatable bonds is 6. The van der Waals surface area contributed by atoms with Gasteiger partial charge in [-0.15, -0.1) is 0 Å². The lowest BCUT2D eigenvalue weighted by molar-refractivity contribution is -0.143. The summed E-state index contributed by atoms with van der Waals surface area (Å²) in [4.78, 5) is 0. The molecule has 3 aromatic rings. The van der Waals surface area contributed by atoms with Crippen molar-refractivity contribution in [2.45, 2.75) is 37.4 Å². The first-order chi connectivity index (χ1) is 15.5. The van der Waals surface area contributed by atoms with Gasteiger partial charge in [0.15, 0.2) is 5.79 Å². The van der Waals surface area contributed by atoms with Gasteiger partial charge >= 0.3 is 0 Å². The zero-order valence-electron chi connectivity index (χ0n) is 18.2. The second-order valence-corrected chi connectivity index (χ2v) is 8.63. The third-order valence-electron chi connectivity index (χ3n) is 6.07. The minimum Gasteiger partial charge on any atom is -0.356 e. The highest BCUT2D eigenvalue weighted by Gasteiger charge is 2.49. The molecular formula is C28H26FO3. The number of halogens is 1. The minimum atomic E-state index is -0.913. The van der Waals surface area contributed by atoms with Gasteiger partial charge < -0.3 is 14.2 Å². The summed E-state index contributed by atoms with van der Waals surface area (Å²) in [7, 11) is 0. The molecule has 32 heavy (non-hydrogen) atoms. The van der Waals surface area contributed by atoms with E-state index in [4.69, 9.17) is 14.2 Å². The molecule has 4 heteroatoms. The van der Waals surface area contributed by atoms with Gasteiger partial charge in [-0.25, -0.2) is 4.39 Å². The maximum atomic E-state index is 14.9. The van der Waals surface area contributed by atoms with E-state index in [1.54, 1.807) is 0 Å². The van der Waals surface area contributed by atoms with Crippen LogP contribution < -0.4 is 0 Å². The Hall–Kier alpha value is -2.79. The molecule has 0 amide bonds. The van der Waals surface area contributed by atoms with E-state index in [9.17, 15) is 4.39 Å². The van der Waals surface area contributed by atoms with Crippen molar-refractivity contribution in [2.75, 3.05) is 6.61 Å². The zero-order valence-corrected chi connectivity index (χ0v) is 18.2. The van der Waals surface area contributed by atoms with Crippen molar-refractivity contribution in [2.24, 2.45) is 0 Å². The van der Waals surface area contributed by atoms with Gasteiger partial charge in [-0.3, -0.25) is 0 Å². The third-order valence-corrected chi connectivity index (χ3v) is 6.07. The molecule has 163 valence electrons. The van der Waals surface area contributed by atoms with Gasteiger partial charge in [-0.2, -0.15) is 0 Å². The van der Waals surface area contributed by atoms with Crippen LogP contribution in [0.2, 0.25) is 0 Å². The molecule has 1 aliphatic carbocycles. The first-order valence-electron chi connectivity index (χ1n) is 10.9. The lowest BCUT2D eigenvalue weighted by Gasteiger charge is -2.36. The van der Waals surface area contributed by atoms with Gasteiger partial charge in [-0.05, 0) is 30.5 Å². The van der Waals surface area contributed by atoms with Crippen LogP contribution in [0, 0.1) is 6.42 Å². The van der Waals surface area contributed by atoms with Crippen molar-refractivity contribution >= 4 is 0 Å². The van der Waals surface area contributed by atoms with Crippen LogP contribution in [0.1, 0.15) is 30.5 Å². The largest absolute Gasteiger partial charge is 0.356 e. The number of ether oxygens (including phenoxy) is 3. The highest BCUT2D eigenvalue weighted by Crippen LogP contribution is 2.45. The van der Waals surface area contributed by atoms with Crippen LogP contribution in [-0.2, 0) is 19.8 Å². The molecule has 1 aliphatic heterocycles. The van der Waals surface area contributed by atoms with Crippen molar-refractivity contribution in [1.82, 2.24) is 0 Å². The van der Waals surface area contributed by atoms with Crippen molar-refractivity contribution in [3.05, 3.63) is 126 Å². The lowest BCUT2D eigenvalue weighted by atomic mass is 9.80. The number of hydrogen-bond acceptors (Lipinski definition) is 3. The lowest BCUT2D eigenvalue weighted by Crippen LogP contribution is -2.35. The van der Waals surface area contributed by atoms with Crippen molar-refractivity contribution in [3.63, 3.8) is 0 Å². The molecule has 0 bridgehead atoms. The highest BCUT2D eigenvalue weighted by atomic mass is 19.1. The fourth-order valence-electron chi connectivity index (χ4n) is 4.67. The van der Waals surface area contributed by atoms with E-state index in [1.165, 1.54) is 6.42 Å². The van der Waals surface area contributed by atoms with Crippen LogP contribution in [0.25, 0.3) is 0 Å². The maximum absolute atomic E-state index is 14.9. The summed E-state index contributed by atoms with van der Waals surface area (Å²) in [6.07, 6.45) is 0.584. The van der Waals surface area contributed by atoms with Crippen LogP contribution in [0.3, 0.4) is 0 Å². The second kappa shape index (κ2) is 8.28. The Morgan fingerprint density at radius 3 is 1.72 bits per heavy atom. The molecule has 3 nitrogen and oxygen atoms in total. The van der Waals surface area contributed by atoms with E-state index in [1.807, 2.05) is 105 Å². The van der Waals surface area contributed by atoms with Gasteiger partial charge in [0, 0.05) is 5.57 Å². The second-order valence-electron chi connectivity index (χ2n) is 8.63. The molecule has 1 radical (unpaired) electrons. The van der Waals surface area contributed by atoms with E-state index in [-0.39, 0.29) is 12.4 Å². The molecule has 0 unspecified atom stereocenters. The number of benzene rings is 3. The quantitative estimate of drug-likeness (QED) is 0.453. The van der Waals surface area contributed by atoms with E-state index >= 15 is 0 Å². The molecule has 2 atom stereocenters. The maximum Gasteiger partial charge on any atom is 0.164 e. The predicted octanol–water partition coefficient (Wildman–Crippen LogP) is 5.96. The van der Waals surface area contributed by atoms with Crippen molar-refractivity contribution in [1.29, 1.82) is 0 Å². The molecular weight excluding hydrogens is 403 g/mol. The van der Waals surface area contributed by atoms with Crippen LogP contribution >= 0.6 is 0 Å². The smallest absolute Gasteiger partial charge is 0.164 e. The highest BCUT2D eigenvalue weighted by molar-refractivity contribution is 5.48. The summed E-state index contributed by atoms with van der Waals surface area (Å²) in [5, 5.41) is 0. The van der Waals surface area contributed by atoms with Gasteiger partial charge in [-0.1, -0.05) is 91.0 Å². The van der Waals surface area contributed by atoms with Gasteiger partial charge in [0.25, 0.3) is 0 Å². The molecule has 1 fully saturated rings. The summed E-state index contributed by atoms with van der Waals surface area (Å²) in [6, 6.07) is 30.2. The Morgan fingerprint density at radius 1 is 0.781 bits per heavy atom. The predicted molar refractivity (Wildman–Crippen MR) is 121 cm³/mol. The average molecular weight is 430 g/mol. The summed E-state index contributed by atoms with van der Waals surface area (Å²) >= 11 is 0. The molecule has 1 heterocycles. The Balaban J connectivity index is 1.59. The average Bonchev–Trinajstić information content (AvgIpc) is 3.26. The minimum absolute atomic E-state index is 0.0711. The molecule has 0 saturated carbocycles. The van der Waals surface area contributed by atoms with Gasteiger partial charge in [0.2, 0.25) is 0 Å². The molecule has 1 saturated heterocycles. The normalized spacial score (nSPS) is 22.2. The molecule has 0 aromatic heterocycles.